The van der Waals surface area contributed by atoms with Gasteiger partial charge in [-0.2, -0.15) is 0 Å². The summed E-state index contributed by atoms with van der Waals surface area (Å²) in [5, 5.41) is 0.804. The molecular weight excluding hydrogens is 404 g/mol. The Hall–Kier alpha value is 0.650. The lowest BCUT2D eigenvalue weighted by atomic mass is 10.2. The summed E-state index contributed by atoms with van der Waals surface area (Å²) in [7, 11) is 0. The molecule has 17 heavy (non-hydrogen) atoms. The molecule has 0 amide bonds. The fourth-order valence-corrected chi connectivity index (χ4v) is 6.00. The zero-order valence-electron chi connectivity index (χ0n) is 8.80. The van der Waals surface area contributed by atoms with Crippen LogP contribution in [0.1, 0.15) is 31.4 Å². The summed E-state index contributed by atoms with van der Waals surface area (Å²) in [5.41, 5.74) is 1.55. The van der Waals surface area contributed by atoms with Gasteiger partial charge in [0, 0.05) is 14.6 Å². The second-order valence-electron chi connectivity index (χ2n) is 4.08. The monoisotopic (exact) mass is 410 g/mol. The van der Waals surface area contributed by atoms with E-state index in [0.717, 1.165) is 8.81 Å². The maximum Gasteiger partial charge on any atom is 0.0887 e. The Morgan fingerprint density at radius 3 is 2.59 bits per heavy atom. The van der Waals surface area contributed by atoms with Gasteiger partial charge < -0.3 is 0 Å². The van der Waals surface area contributed by atoms with E-state index in [-0.39, 0.29) is 4.83 Å². The molecule has 0 saturated carbocycles. The number of thiophene rings is 2. The molecule has 1 atom stereocenters. The molecule has 0 aromatic carbocycles. The van der Waals surface area contributed by atoms with Gasteiger partial charge in [-0.1, -0.05) is 27.5 Å². The summed E-state index contributed by atoms with van der Waals surface area (Å²) in [6.45, 7) is 0. The molecule has 0 N–H and O–H groups in total. The molecule has 0 bridgehead atoms. The zero-order chi connectivity index (χ0) is 12.0. The van der Waals surface area contributed by atoms with Crippen LogP contribution in [0.4, 0.5) is 0 Å². The predicted molar refractivity (Wildman–Crippen MR) is 84.1 cm³/mol. The maximum atomic E-state index is 6.08. The Kier molecular flexibility index (Phi) is 3.70. The van der Waals surface area contributed by atoms with Crippen molar-refractivity contribution in [2.75, 3.05) is 0 Å². The van der Waals surface area contributed by atoms with Gasteiger partial charge in [0.05, 0.1) is 13.6 Å². The van der Waals surface area contributed by atoms with Crippen LogP contribution in [-0.4, -0.2) is 0 Å². The fourth-order valence-electron chi connectivity index (χ4n) is 2.11. The third-order valence-corrected chi connectivity index (χ3v) is 8.36. The smallest absolute Gasteiger partial charge is 0.0887 e. The normalized spacial score (nSPS) is 16.2. The lowest BCUT2D eigenvalue weighted by Gasteiger charge is -2.04. The first-order chi connectivity index (χ1) is 8.15. The van der Waals surface area contributed by atoms with Crippen molar-refractivity contribution in [1.82, 2.24) is 0 Å². The first kappa shape index (κ1) is 12.7. The predicted octanol–water partition coefficient (Wildman–Crippen LogP) is 6.20. The van der Waals surface area contributed by atoms with Crippen molar-refractivity contribution in [3.63, 3.8) is 0 Å². The molecule has 90 valence electrons. The quantitative estimate of drug-likeness (QED) is 0.515. The van der Waals surface area contributed by atoms with E-state index >= 15 is 0 Å². The molecule has 0 nitrogen and oxygen atoms in total. The van der Waals surface area contributed by atoms with Gasteiger partial charge in [0.1, 0.15) is 0 Å². The van der Waals surface area contributed by atoms with Gasteiger partial charge in [0.2, 0.25) is 0 Å². The number of hydrogen-bond acceptors (Lipinski definition) is 2. The van der Waals surface area contributed by atoms with Gasteiger partial charge in [-0.3, -0.25) is 0 Å². The molecule has 1 unspecified atom stereocenters. The van der Waals surface area contributed by atoms with Gasteiger partial charge in [-0.15, -0.1) is 22.7 Å². The summed E-state index contributed by atoms with van der Waals surface area (Å²) in [5.74, 6) is 0. The molecule has 2 aromatic rings. The third kappa shape index (κ3) is 2.39. The Morgan fingerprint density at radius 2 is 1.94 bits per heavy atom. The Labute approximate surface area is 130 Å². The summed E-state index contributed by atoms with van der Waals surface area (Å²) in [6, 6.07) is 4.40. The van der Waals surface area contributed by atoms with Crippen LogP contribution in [0.2, 0.25) is 5.02 Å². The van der Waals surface area contributed by atoms with E-state index in [1.165, 1.54) is 29.0 Å². The lowest BCUT2D eigenvalue weighted by molar-refractivity contribution is 0.913. The SMILES string of the molecule is Clc1cc(C(Br)c2cc3c(s2)CCC3)sc1Br. The molecule has 0 radical (unpaired) electrons. The van der Waals surface area contributed by atoms with Crippen LogP contribution in [0.25, 0.3) is 0 Å². The number of aryl methyl sites for hydroxylation is 2. The Morgan fingerprint density at radius 1 is 1.18 bits per heavy atom. The largest absolute Gasteiger partial charge is 0.144 e. The molecule has 1 aliphatic carbocycles. The molecule has 5 heteroatoms. The molecular formula is C12H9Br2ClS2. The fraction of sp³-hybridized carbons (Fsp3) is 0.333. The zero-order valence-corrected chi connectivity index (χ0v) is 14.4. The summed E-state index contributed by atoms with van der Waals surface area (Å²) in [4.78, 5) is 4.53. The number of fused-ring (bicyclic) bond motifs is 1. The van der Waals surface area contributed by atoms with Crippen LogP contribution >= 0.6 is 66.1 Å². The third-order valence-electron chi connectivity index (χ3n) is 2.93. The van der Waals surface area contributed by atoms with Crippen molar-refractivity contribution in [2.24, 2.45) is 0 Å². The van der Waals surface area contributed by atoms with Crippen molar-refractivity contribution in [3.05, 3.63) is 41.1 Å². The highest BCUT2D eigenvalue weighted by Crippen LogP contribution is 2.44. The number of rotatable bonds is 2. The molecule has 0 spiro atoms. The minimum atomic E-state index is 0.284. The van der Waals surface area contributed by atoms with Crippen molar-refractivity contribution in [3.8, 4) is 0 Å². The van der Waals surface area contributed by atoms with Crippen molar-refractivity contribution in [1.29, 1.82) is 0 Å². The number of alkyl halides is 1. The van der Waals surface area contributed by atoms with E-state index in [1.807, 2.05) is 17.4 Å². The van der Waals surface area contributed by atoms with Gasteiger partial charge in [-0.25, -0.2) is 0 Å². The molecule has 0 aliphatic heterocycles. The average molecular weight is 413 g/mol. The first-order valence-electron chi connectivity index (χ1n) is 5.35. The maximum absolute atomic E-state index is 6.08. The Balaban J connectivity index is 1.92. The topological polar surface area (TPSA) is 0 Å². The molecule has 2 aromatic heterocycles. The molecule has 3 rings (SSSR count). The second kappa shape index (κ2) is 4.97. The second-order valence-corrected chi connectivity index (χ2v) is 8.98. The van der Waals surface area contributed by atoms with E-state index in [2.05, 4.69) is 37.9 Å². The van der Waals surface area contributed by atoms with Crippen LogP contribution < -0.4 is 0 Å². The van der Waals surface area contributed by atoms with Crippen LogP contribution in [0.5, 0.6) is 0 Å². The van der Waals surface area contributed by atoms with E-state index in [4.69, 9.17) is 11.6 Å². The van der Waals surface area contributed by atoms with Gasteiger partial charge >= 0.3 is 0 Å². The van der Waals surface area contributed by atoms with Crippen molar-refractivity contribution < 1.29 is 0 Å². The van der Waals surface area contributed by atoms with Crippen LogP contribution in [0, 0.1) is 0 Å². The van der Waals surface area contributed by atoms with Crippen LogP contribution in [0.15, 0.2) is 15.9 Å². The molecule has 0 saturated heterocycles. The van der Waals surface area contributed by atoms with Crippen LogP contribution in [-0.2, 0) is 12.8 Å². The highest BCUT2D eigenvalue weighted by Gasteiger charge is 2.21. The number of halogens is 3. The highest BCUT2D eigenvalue weighted by molar-refractivity contribution is 9.11. The summed E-state index contributed by atoms with van der Waals surface area (Å²) >= 11 is 17.0. The molecule has 1 aliphatic rings. The average Bonchev–Trinajstić information content (AvgIpc) is 2.92. The van der Waals surface area contributed by atoms with Crippen molar-refractivity contribution in [2.45, 2.75) is 24.1 Å². The highest BCUT2D eigenvalue weighted by atomic mass is 79.9. The minimum absolute atomic E-state index is 0.284. The standard InChI is InChI=1S/C12H9Br2ClS2/c13-11(10-5-7(15)12(14)17-10)9-4-6-2-1-3-8(6)16-9/h4-5,11H,1-3H2. The minimum Gasteiger partial charge on any atom is -0.144 e. The summed E-state index contributed by atoms with van der Waals surface area (Å²) < 4.78 is 1.02. The Bertz CT molecular complexity index is 518. The van der Waals surface area contributed by atoms with Crippen molar-refractivity contribution >= 4 is 66.1 Å². The van der Waals surface area contributed by atoms with Gasteiger partial charge in [0.15, 0.2) is 0 Å². The van der Waals surface area contributed by atoms with Gasteiger partial charge in [-0.05, 0) is 52.9 Å². The lowest BCUT2D eigenvalue weighted by Crippen LogP contribution is -1.84. The number of hydrogen-bond donors (Lipinski definition) is 0. The van der Waals surface area contributed by atoms with Gasteiger partial charge in [0.25, 0.3) is 0 Å². The molecule has 0 fully saturated rings. The van der Waals surface area contributed by atoms with E-state index in [0.29, 0.717) is 0 Å². The summed E-state index contributed by atoms with van der Waals surface area (Å²) in [6.07, 6.45) is 3.83. The van der Waals surface area contributed by atoms with E-state index in [9.17, 15) is 0 Å². The van der Waals surface area contributed by atoms with E-state index in [1.54, 1.807) is 21.8 Å². The molecule has 2 heterocycles. The van der Waals surface area contributed by atoms with E-state index < -0.39 is 0 Å². The van der Waals surface area contributed by atoms with Crippen LogP contribution in [0.3, 0.4) is 0 Å². The first-order valence-corrected chi connectivity index (χ1v) is 9.07.